The van der Waals surface area contributed by atoms with Gasteiger partial charge in [0.1, 0.15) is 24.7 Å². The molecule has 2 saturated carbocycles. The van der Waals surface area contributed by atoms with Gasteiger partial charge in [-0.05, 0) is 74.1 Å². The Kier molecular flexibility index (Phi) is 9.60. The number of phenolic OH excluding ortho intramolecular Hbond substituents is 1. The number of likely N-dealkylation sites (N-methyl/N-ethyl adjacent to an activating group) is 1. The van der Waals surface area contributed by atoms with E-state index in [9.17, 15) is 20.1 Å². The fraction of sp³-hybridized carbons (Fsp3) is 0.636. The maximum absolute atomic E-state index is 13.6. The molecule has 1 aromatic carbocycles. The SMILES string of the molecule is C=CCO[C@@]12Oc3ccc(O)cc3[C@H]3[C@H](CCCCO)[C@@H](CCCCO)C=C(C(=NOC)C[C@@H]1N(C)C(=O)C1CC1)[C@H]32. The van der Waals surface area contributed by atoms with Gasteiger partial charge in [-0.2, -0.15) is 0 Å². The molecule has 4 aliphatic rings. The van der Waals surface area contributed by atoms with Crippen molar-refractivity contribution in [1.29, 1.82) is 0 Å². The van der Waals surface area contributed by atoms with Crippen LogP contribution in [0.1, 0.15) is 69.3 Å². The number of phenols is 1. The Hall–Kier alpha value is -2.88. The van der Waals surface area contributed by atoms with Crippen LogP contribution in [-0.4, -0.2) is 77.6 Å². The second kappa shape index (κ2) is 13.2. The zero-order valence-corrected chi connectivity index (χ0v) is 24.9. The highest BCUT2D eigenvalue weighted by molar-refractivity contribution is 6.03. The van der Waals surface area contributed by atoms with Crippen molar-refractivity contribution in [2.75, 3.05) is 34.0 Å². The topological polar surface area (TPSA) is 121 Å². The summed E-state index contributed by atoms with van der Waals surface area (Å²) < 4.78 is 13.7. The van der Waals surface area contributed by atoms with Crippen LogP contribution in [0.2, 0.25) is 0 Å². The number of aromatic hydroxyl groups is 1. The predicted octanol–water partition coefficient (Wildman–Crippen LogP) is 4.52. The van der Waals surface area contributed by atoms with Crippen LogP contribution >= 0.6 is 0 Å². The first-order valence-electron chi connectivity index (χ1n) is 15.5. The van der Waals surface area contributed by atoms with Crippen LogP contribution in [0.15, 0.2) is 47.7 Å². The zero-order chi connectivity index (χ0) is 29.9. The molecule has 6 atom stereocenters. The second-order valence-corrected chi connectivity index (χ2v) is 12.2. The number of rotatable bonds is 14. The van der Waals surface area contributed by atoms with E-state index in [0.29, 0.717) is 18.6 Å². The van der Waals surface area contributed by atoms with Gasteiger partial charge in [0, 0.05) is 44.1 Å². The van der Waals surface area contributed by atoms with E-state index in [1.54, 1.807) is 30.2 Å². The van der Waals surface area contributed by atoms with E-state index in [-0.39, 0.29) is 61.1 Å². The number of hydrogen-bond donors (Lipinski definition) is 3. The molecule has 0 saturated heterocycles. The molecule has 9 heteroatoms. The number of unbranched alkanes of at least 4 members (excludes halogenated alkanes) is 2. The minimum atomic E-state index is -1.22. The van der Waals surface area contributed by atoms with Crippen LogP contribution in [0.5, 0.6) is 11.5 Å². The number of aliphatic hydroxyl groups is 2. The first kappa shape index (κ1) is 30.6. The number of allylic oxidation sites excluding steroid dienone is 1. The Labute approximate surface area is 248 Å². The number of nitrogens with zero attached hydrogens (tertiary/aromatic N) is 2. The van der Waals surface area contributed by atoms with Crippen LogP contribution in [0.4, 0.5) is 0 Å². The number of carbonyl (C=O) groups excluding carboxylic acids is 1. The molecule has 0 bridgehead atoms. The summed E-state index contributed by atoms with van der Waals surface area (Å²) in [5.74, 6) is -0.439. The Balaban J connectivity index is 1.72. The summed E-state index contributed by atoms with van der Waals surface area (Å²) in [7, 11) is 3.38. The van der Waals surface area contributed by atoms with Gasteiger partial charge in [0.25, 0.3) is 0 Å². The highest BCUT2D eigenvalue weighted by Crippen LogP contribution is 2.61. The molecule has 230 valence electrons. The van der Waals surface area contributed by atoms with Gasteiger partial charge in [-0.15, -0.1) is 6.58 Å². The molecule has 0 unspecified atom stereocenters. The average molecular weight is 583 g/mol. The Morgan fingerprint density at radius 3 is 2.60 bits per heavy atom. The Morgan fingerprint density at radius 2 is 1.93 bits per heavy atom. The lowest BCUT2D eigenvalue weighted by molar-refractivity contribution is -0.255. The quantitative estimate of drug-likeness (QED) is 0.168. The van der Waals surface area contributed by atoms with Crippen LogP contribution in [0.3, 0.4) is 0 Å². The van der Waals surface area contributed by atoms with E-state index in [1.165, 1.54) is 0 Å². The first-order chi connectivity index (χ1) is 20.4. The van der Waals surface area contributed by atoms with Crippen molar-refractivity contribution in [3.05, 3.63) is 48.1 Å². The van der Waals surface area contributed by atoms with E-state index < -0.39 is 11.8 Å². The summed E-state index contributed by atoms with van der Waals surface area (Å²) in [5, 5.41) is 34.4. The van der Waals surface area contributed by atoms with Crippen molar-refractivity contribution in [3.8, 4) is 11.5 Å². The number of ether oxygens (including phenoxy) is 2. The maximum atomic E-state index is 13.6. The van der Waals surface area contributed by atoms with Gasteiger partial charge in [-0.25, -0.2) is 0 Å². The fourth-order valence-electron chi connectivity index (χ4n) is 7.62. The molecule has 3 N–H and O–H groups in total. The molecule has 0 radical (unpaired) electrons. The van der Waals surface area contributed by atoms with Crippen molar-refractivity contribution in [2.24, 2.45) is 28.8 Å². The molecule has 1 aliphatic heterocycles. The lowest BCUT2D eigenvalue weighted by atomic mass is 9.55. The molecule has 1 aromatic rings. The first-order valence-corrected chi connectivity index (χ1v) is 15.5. The number of hydrogen-bond acceptors (Lipinski definition) is 8. The van der Waals surface area contributed by atoms with Gasteiger partial charge in [0.2, 0.25) is 11.7 Å². The van der Waals surface area contributed by atoms with Crippen LogP contribution in [0.25, 0.3) is 0 Å². The van der Waals surface area contributed by atoms with E-state index in [1.807, 2.05) is 13.1 Å². The summed E-state index contributed by atoms with van der Waals surface area (Å²) in [4.78, 5) is 20.8. The number of aliphatic hydroxyl groups excluding tert-OH is 2. The number of oxime groups is 1. The summed E-state index contributed by atoms with van der Waals surface area (Å²) in [6.45, 7) is 4.43. The average Bonchev–Trinajstić information content (AvgIpc) is 3.84. The molecule has 2 fully saturated rings. The highest BCUT2D eigenvalue weighted by atomic mass is 16.7. The Morgan fingerprint density at radius 1 is 1.19 bits per heavy atom. The van der Waals surface area contributed by atoms with Gasteiger partial charge in [0.15, 0.2) is 0 Å². The van der Waals surface area contributed by atoms with E-state index in [0.717, 1.165) is 61.8 Å². The van der Waals surface area contributed by atoms with Crippen LogP contribution in [0, 0.1) is 23.7 Å². The van der Waals surface area contributed by atoms with Gasteiger partial charge in [-0.1, -0.05) is 30.1 Å². The van der Waals surface area contributed by atoms with Crippen molar-refractivity contribution in [2.45, 2.75) is 75.5 Å². The minimum Gasteiger partial charge on any atom is -0.508 e. The molecule has 0 spiro atoms. The van der Waals surface area contributed by atoms with Gasteiger partial charge >= 0.3 is 0 Å². The molecule has 42 heavy (non-hydrogen) atoms. The lowest BCUT2D eigenvalue weighted by Gasteiger charge is -2.59. The van der Waals surface area contributed by atoms with Crippen LogP contribution < -0.4 is 4.74 Å². The van der Waals surface area contributed by atoms with Gasteiger partial charge < -0.3 is 34.5 Å². The zero-order valence-electron chi connectivity index (χ0n) is 24.9. The third kappa shape index (κ3) is 5.71. The molecule has 1 heterocycles. The third-order valence-corrected chi connectivity index (χ3v) is 9.60. The van der Waals surface area contributed by atoms with Crippen LogP contribution in [-0.2, 0) is 14.4 Å². The lowest BCUT2D eigenvalue weighted by Crippen LogP contribution is -2.69. The number of benzene rings is 1. The predicted molar refractivity (Wildman–Crippen MR) is 159 cm³/mol. The van der Waals surface area contributed by atoms with Gasteiger partial charge in [-0.3, -0.25) is 4.79 Å². The standard InChI is InChI=1S/C33H46N2O7/c1-4-17-41-33-29(35(2)32(39)21-11-12-21)20-27(34-40-3)25-18-22(9-5-7-15-36)24(10-6-8-16-37)30(31(25)33)26-19-23(38)13-14-28(26)42-33/h4,13-14,18-19,21-22,24,29-31,36-38H,1,5-12,15-17,20H2,2-3H3/t22-,24+,29-,30+,31+,33+/m0/s1. The maximum Gasteiger partial charge on any atom is 0.239 e. The normalized spacial score (nSPS) is 30.5. The van der Waals surface area contributed by atoms with Crippen molar-refractivity contribution in [1.82, 2.24) is 4.90 Å². The van der Waals surface area contributed by atoms with Crippen molar-refractivity contribution in [3.63, 3.8) is 0 Å². The largest absolute Gasteiger partial charge is 0.508 e. The highest BCUT2D eigenvalue weighted by Gasteiger charge is 2.65. The summed E-state index contributed by atoms with van der Waals surface area (Å²) >= 11 is 0. The molecule has 0 aromatic heterocycles. The van der Waals surface area contributed by atoms with Crippen molar-refractivity contribution >= 4 is 11.6 Å². The van der Waals surface area contributed by atoms with E-state index in [4.69, 9.17) is 14.3 Å². The van der Waals surface area contributed by atoms with Gasteiger partial charge in [0.05, 0.1) is 18.2 Å². The summed E-state index contributed by atoms with van der Waals surface area (Å²) in [6.07, 6.45) is 11.1. The van der Waals surface area contributed by atoms with E-state index in [2.05, 4.69) is 17.8 Å². The number of amides is 1. The summed E-state index contributed by atoms with van der Waals surface area (Å²) in [5.41, 5.74) is 2.69. The number of fused-ring (bicyclic) bond motifs is 2. The minimum absolute atomic E-state index is 0.0170. The van der Waals surface area contributed by atoms with E-state index >= 15 is 0 Å². The smallest absolute Gasteiger partial charge is 0.239 e. The molecule has 5 rings (SSSR count). The fourth-order valence-corrected chi connectivity index (χ4v) is 7.62. The third-order valence-electron chi connectivity index (χ3n) is 9.60. The van der Waals surface area contributed by atoms with Crippen molar-refractivity contribution < 1.29 is 34.4 Å². The molecule has 1 amide bonds. The molecule has 3 aliphatic carbocycles. The molecular formula is C33H46N2O7. The molecular weight excluding hydrogens is 536 g/mol. The second-order valence-electron chi connectivity index (χ2n) is 12.2. The summed E-state index contributed by atoms with van der Waals surface area (Å²) in [6, 6.07) is 4.77. The monoisotopic (exact) mass is 582 g/mol. The number of carbonyl (C=O) groups is 1. The Bertz CT molecular complexity index is 1190. The molecule has 9 nitrogen and oxygen atoms in total.